The largest absolute Gasteiger partial charge is 0.508 e. The standard InChI is InChI=1S/C29H29ClN2O2/c30-25-11-5-10-23-24-17-29(34)19-32(14-12-20-6-2-1-3-7-20)15-13-28(29,18-26(24)31-27(23)25)21-8-4-9-22(33)16-21/h1-11,16,31,33-34H,12-15,17-19H2/t28-,29-/m0/s1. The number of phenolic OH excluding ortho intramolecular Hbond substituents is 1. The van der Waals surface area contributed by atoms with Gasteiger partial charge in [-0.3, -0.25) is 0 Å². The second kappa shape index (κ2) is 8.16. The van der Waals surface area contributed by atoms with Gasteiger partial charge < -0.3 is 20.1 Å². The van der Waals surface area contributed by atoms with Crippen LogP contribution >= 0.6 is 11.6 Å². The Morgan fingerprint density at radius 2 is 1.79 bits per heavy atom. The number of nitrogens with zero attached hydrogens (tertiary/aromatic N) is 1. The summed E-state index contributed by atoms with van der Waals surface area (Å²) in [5, 5.41) is 24.6. The van der Waals surface area contributed by atoms with Crippen LogP contribution in [-0.2, 0) is 24.7 Å². The number of aromatic amines is 1. The van der Waals surface area contributed by atoms with Crippen molar-refractivity contribution in [3.8, 4) is 5.75 Å². The fourth-order valence-electron chi connectivity index (χ4n) is 6.34. The summed E-state index contributed by atoms with van der Waals surface area (Å²) in [4.78, 5) is 5.99. The van der Waals surface area contributed by atoms with Gasteiger partial charge in [0, 0.05) is 42.4 Å². The average molecular weight is 473 g/mol. The normalized spacial score (nSPS) is 24.6. The van der Waals surface area contributed by atoms with E-state index in [2.05, 4.69) is 46.3 Å². The molecule has 1 aromatic heterocycles. The van der Waals surface area contributed by atoms with Crippen molar-refractivity contribution in [2.75, 3.05) is 19.6 Å². The highest BCUT2D eigenvalue weighted by Gasteiger charge is 2.57. The summed E-state index contributed by atoms with van der Waals surface area (Å²) < 4.78 is 0. The molecule has 3 N–H and O–H groups in total. The van der Waals surface area contributed by atoms with E-state index < -0.39 is 11.0 Å². The number of H-pyrrole nitrogens is 1. The molecule has 0 amide bonds. The Hall–Kier alpha value is -2.79. The maximum atomic E-state index is 12.5. The lowest BCUT2D eigenvalue weighted by atomic mass is 9.56. The zero-order chi connectivity index (χ0) is 23.3. The number of halogens is 1. The van der Waals surface area contributed by atoms with Crippen LogP contribution in [0.3, 0.4) is 0 Å². The van der Waals surface area contributed by atoms with Gasteiger partial charge in [0.2, 0.25) is 0 Å². The highest BCUT2D eigenvalue weighted by Crippen LogP contribution is 2.52. The summed E-state index contributed by atoms with van der Waals surface area (Å²) in [7, 11) is 0. The van der Waals surface area contributed by atoms with Crippen molar-refractivity contribution < 1.29 is 10.2 Å². The molecule has 1 aliphatic heterocycles. The average Bonchev–Trinajstić information content (AvgIpc) is 3.19. The Bertz CT molecular complexity index is 1350. The van der Waals surface area contributed by atoms with E-state index in [1.807, 2.05) is 30.3 Å². The van der Waals surface area contributed by atoms with E-state index in [1.165, 1.54) is 11.1 Å². The van der Waals surface area contributed by atoms with Crippen LogP contribution in [-0.4, -0.2) is 45.3 Å². The van der Waals surface area contributed by atoms with Crippen LogP contribution in [0.15, 0.2) is 72.8 Å². The SMILES string of the molecule is Oc1cccc([C@@]23CCN(CCc4ccccc4)C[C@@]2(O)Cc2c([nH]c4c(Cl)cccc24)C3)c1. The van der Waals surface area contributed by atoms with Gasteiger partial charge in [-0.1, -0.05) is 66.2 Å². The molecule has 5 heteroatoms. The number of fused-ring (bicyclic) bond motifs is 4. The minimum atomic E-state index is -0.958. The van der Waals surface area contributed by atoms with E-state index in [9.17, 15) is 10.2 Å². The third-order valence-electron chi connectivity index (χ3n) is 8.12. The summed E-state index contributed by atoms with van der Waals surface area (Å²) in [6.45, 7) is 2.41. The molecule has 0 unspecified atom stereocenters. The molecular formula is C29H29ClN2O2. The molecule has 2 aliphatic rings. The van der Waals surface area contributed by atoms with Gasteiger partial charge in [0.1, 0.15) is 5.75 Å². The van der Waals surface area contributed by atoms with Crippen LogP contribution in [0, 0.1) is 0 Å². The van der Waals surface area contributed by atoms with Gasteiger partial charge >= 0.3 is 0 Å². The fourth-order valence-corrected chi connectivity index (χ4v) is 6.56. The van der Waals surface area contributed by atoms with Gasteiger partial charge in [-0.05, 0) is 54.3 Å². The molecule has 0 radical (unpaired) electrons. The van der Waals surface area contributed by atoms with Crippen LogP contribution < -0.4 is 0 Å². The molecule has 0 bridgehead atoms. The number of rotatable bonds is 4. The van der Waals surface area contributed by atoms with Gasteiger partial charge in [0.15, 0.2) is 0 Å². The lowest BCUT2D eigenvalue weighted by molar-refractivity contribution is -0.102. The molecule has 1 saturated heterocycles. The molecule has 3 aromatic carbocycles. The minimum Gasteiger partial charge on any atom is -0.508 e. The maximum absolute atomic E-state index is 12.5. The molecule has 6 rings (SSSR count). The number of hydrogen-bond donors (Lipinski definition) is 3. The first-order valence-electron chi connectivity index (χ1n) is 12.0. The number of hydrogen-bond acceptors (Lipinski definition) is 3. The molecule has 0 saturated carbocycles. The number of benzene rings is 3. The van der Waals surface area contributed by atoms with Gasteiger partial charge in [-0.15, -0.1) is 0 Å². The molecule has 4 aromatic rings. The topological polar surface area (TPSA) is 59.5 Å². The van der Waals surface area contributed by atoms with E-state index in [0.717, 1.165) is 48.1 Å². The molecule has 2 heterocycles. The number of nitrogens with one attached hydrogen (secondary N) is 1. The predicted molar refractivity (Wildman–Crippen MR) is 137 cm³/mol. The molecule has 2 atom stereocenters. The summed E-state index contributed by atoms with van der Waals surface area (Å²) in [5.41, 5.74) is 4.15. The monoisotopic (exact) mass is 472 g/mol. The molecule has 34 heavy (non-hydrogen) atoms. The molecule has 174 valence electrons. The van der Waals surface area contributed by atoms with Crippen molar-refractivity contribution in [3.05, 3.63) is 100 Å². The second-order valence-electron chi connectivity index (χ2n) is 10.0. The number of para-hydroxylation sites is 1. The Labute approximate surface area is 204 Å². The molecule has 1 aliphatic carbocycles. The maximum Gasteiger partial charge on any atom is 0.115 e. The Morgan fingerprint density at radius 3 is 2.62 bits per heavy atom. The zero-order valence-corrected chi connectivity index (χ0v) is 19.9. The first kappa shape index (κ1) is 21.7. The van der Waals surface area contributed by atoms with E-state index in [-0.39, 0.29) is 5.75 Å². The summed E-state index contributed by atoms with van der Waals surface area (Å²) in [5.74, 6) is 0.242. The van der Waals surface area contributed by atoms with E-state index >= 15 is 0 Å². The Kier molecular flexibility index (Phi) is 5.21. The van der Waals surface area contributed by atoms with Crippen molar-refractivity contribution in [1.82, 2.24) is 9.88 Å². The molecule has 0 spiro atoms. The Morgan fingerprint density at radius 1 is 0.971 bits per heavy atom. The second-order valence-corrected chi connectivity index (χ2v) is 10.4. The first-order valence-corrected chi connectivity index (χ1v) is 12.4. The van der Waals surface area contributed by atoms with Gasteiger partial charge in [-0.25, -0.2) is 0 Å². The summed E-state index contributed by atoms with van der Waals surface area (Å²) >= 11 is 6.52. The van der Waals surface area contributed by atoms with Crippen LogP contribution in [0.1, 0.15) is 28.8 Å². The number of piperidine rings is 1. The number of aromatic nitrogens is 1. The third kappa shape index (κ3) is 3.44. The van der Waals surface area contributed by atoms with E-state index in [0.29, 0.717) is 24.4 Å². The highest BCUT2D eigenvalue weighted by molar-refractivity contribution is 6.35. The highest BCUT2D eigenvalue weighted by atomic mass is 35.5. The van der Waals surface area contributed by atoms with Crippen molar-refractivity contribution >= 4 is 22.5 Å². The van der Waals surface area contributed by atoms with E-state index in [1.54, 1.807) is 6.07 Å². The molecular weight excluding hydrogens is 444 g/mol. The van der Waals surface area contributed by atoms with Crippen molar-refractivity contribution in [2.45, 2.75) is 36.7 Å². The summed E-state index contributed by atoms with van der Waals surface area (Å²) in [6.07, 6.45) is 3.04. The number of likely N-dealkylation sites (tertiary alicyclic amines) is 1. The molecule has 1 fully saturated rings. The van der Waals surface area contributed by atoms with E-state index in [4.69, 9.17) is 11.6 Å². The van der Waals surface area contributed by atoms with Crippen LogP contribution in [0.5, 0.6) is 5.75 Å². The molecule has 4 nitrogen and oxygen atoms in total. The third-order valence-corrected chi connectivity index (χ3v) is 8.43. The van der Waals surface area contributed by atoms with Crippen LogP contribution in [0.4, 0.5) is 0 Å². The van der Waals surface area contributed by atoms with Crippen molar-refractivity contribution in [3.63, 3.8) is 0 Å². The smallest absolute Gasteiger partial charge is 0.115 e. The van der Waals surface area contributed by atoms with Crippen LogP contribution in [0.25, 0.3) is 10.9 Å². The van der Waals surface area contributed by atoms with Gasteiger partial charge in [0.05, 0.1) is 16.1 Å². The first-order chi connectivity index (χ1) is 16.5. The lowest BCUT2D eigenvalue weighted by Crippen LogP contribution is -2.66. The number of β-amino-alcohol motifs (C(OH)–C–C–N with tert-alkyl or cyclic N) is 1. The number of phenols is 1. The number of aromatic hydroxyl groups is 1. The predicted octanol–water partition coefficient (Wildman–Crippen LogP) is 5.24. The fraction of sp³-hybridized carbons (Fsp3) is 0.310. The number of aliphatic hydroxyl groups is 1. The summed E-state index contributed by atoms with van der Waals surface area (Å²) in [6, 6.07) is 24.0. The van der Waals surface area contributed by atoms with Gasteiger partial charge in [0.25, 0.3) is 0 Å². The Balaban J connectivity index is 1.40. The van der Waals surface area contributed by atoms with Crippen molar-refractivity contribution in [1.29, 1.82) is 0 Å². The van der Waals surface area contributed by atoms with Crippen LogP contribution in [0.2, 0.25) is 5.02 Å². The zero-order valence-electron chi connectivity index (χ0n) is 19.1. The van der Waals surface area contributed by atoms with Crippen molar-refractivity contribution in [2.24, 2.45) is 0 Å². The minimum absolute atomic E-state index is 0.242. The van der Waals surface area contributed by atoms with Gasteiger partial charge in [-0.2, -0.15) is 0 Å². The quantitative estimate of drug-likeness (QED) is 0.380. The lowest BCUT2D eigenvalue weighted by Gasteiger charge is -2.56.